The van der Waals surface area contributed by atoms with Gasteiger partial charge in [0.05, 0.1) is 23.7 Å². The van der Waals surface area contributed by atoms with E-state index in [1.54, 1.807) is 37.7 Å². The molecular formula is C17H14N2O2. The lowest BCUT2D eigenvalue weighted by atomic mass is 9.98. The van der Waals surface area contributed by atoms with E-state index in [9.17, 15) is 4.79 Å². The maximum absolute atomic E-state index is 12.8. The number of para-hydroxylation sites is 1. The first-order valence-corrected chi connectivity index (χ1v) is 6.60. The van der Waals surface area contributed by atoms with E-state index in [1.807, 2.05) is 25.1 Å². The summed E-state index contributed by atoms with van der Waals surface area (Å²) in [6.45, 7) is 1.90. The molecule has 3 rings (SSSR count). The van der Waals surface area contributed by atoms with Gasteiger partial charge in [-0.15, -0.1) is 0 Å². The number of aromatic nitrogens is 2. The second-order valence-corrected chi connectivity index (χ2v) is 4.74. The largest absolute Gasteiger partial charge is 0.497 e. The van der Waals surface area contributed by atoms with Gasteiger partial charge in [0.2, 0.25) is 0 Å². The number of ketones is 1. The van der Waals surface area contributed by atoms with Crippen molar-refractivity contribution in [1.29, 1.82) is 0 Å². The summed E-state index contributed by atoms with van der Waals surface area (Å²) in [6.07, 6.45) is 3.22. The van der Waals surface area contributed by atoms with Gasteiger partial charge in [-0.1, -0.05) is 6.07 Å². The number of nitrogens with zero attached hydrogens (tertiary/aromatic N) is 2. The zero-order valence-electron chi connectivity index (χ0n) is 11.8. The van der Waals surface area contributed by atoms with E-state index in [4.69, 9.17) is 4.74 Å². The predicted molar refractivity (Wildman–Crippen MR) is 80.7 cm³/mol. The normalized spacial score (nSPS) is 10.6. The summed E-state index contributed by atoms with van der Waals surface area (Å²) in [5.74, 6) is 0.683. The van der Waals surface area contributed by atoms with Crippen molar-refractivity contribution in [3.63, 3.8) is 0 Å². The molecule has 0 aliphatic heterocycles. The molecule has 0 unspecified atom stereocenters. The van der Waals surface area contributed by atoms with Crippen LogP contribution in [0.2, 0.25) is 0 Å². The summed E-state index contributed by atoms with van der Waals surface area (Å²) < 4.78 is 5.17. The highest BCUT2D eigenvalue weighted by molar-refractivity contribution is 6.15. The molecule has 1 aromatic heterocycles. The molecule has 0 atom stereocenters. The van der Waals surface area contributed by atoms with Gasteiger partial charge in [-0.25, -0.2) is 0 Å². The summed E-state index contributed by atoms with van der Waals surface area (Å²) in [4.78, 5) is 21.3. The van der Waals surface area contributed by atoms with E-state index >= 15 is 0 Å². The number of rotatable bonds is 3. The van der Waals surface area contributed by atoms with Crippen LogP contribution in [0.3, 0.4) is 0 Å². The molecule has 0 saturated carbocycles. The highest BCUT2D eigenvalue weighted by atomic mass is 16.5. The van der Waals surface area contributed by atoms with Crippen LogP contribution in [0.25, 0.3) is 11.0 Å². The molecule has 1 heterocycles. The third-order valence-corrected chi connectivity index (χ3v) is 3.42. The zero-order chi connectivity index (χ0) is 14.8. The lowest BCUT2D eigenvalue weighted by molar-refractivity contribution is 0.103. The fourth-order valence-electron chi connectivity index (χ4n) is 2.34. The Morgan fingerprint density at radius 2 is 1.86 bits per heavy atom. The highest BCUT2D eigenvalue weighted by Gasteiger charge is 2.16. The van der Waals surface area contributed by atoms with Crippen LogP contribution in [-0.4, -0.2) is 22.9 Å². The van der Waals surface area contributed by atoms with Crippen LogP contribution in [0.5, 0.6) is 5.75 Å². The Balaban J connectivity index is 2.13. The summed E-state index contributed by atoms with van der Waals surface area (Å²) in [6, 6.07) is 10.9. The van der Waals surface area contributed by atoms with E-state index < -0.39 is 0 Å². The second kappa shape index (κ2) is 5.32. The van der Waals surface area contributed by atoms with Crippen LogP contribution in [0, 0.1) is 6.92 Å². The molecule has 0 N–H and O–H groups in total. The molecule has 2 aromatic carbocycles. The monoisotopic (exact) mass is 278 g/mol. The number of fused-ring (bicyclic) bond motifs is 1. The molecule has 0 fully saturated rings. The van der Waals surface area contributed by atoms with Crippen molar-refractivity contribution in [2.24, 2.45) is 0 Å². The van der Waals surface area contributed by atoms with Gasteiger partial charge in [-0.05, 0) is 42.8 Å². The van der Waals surface area contributed by atoms with E-state index in [-0.39, 0.29) is 5.78 Å². The highest BCUT2D eigenvalue weighted by Crippen LogP contribution is 2.22. The maximum atomic E-state index is 12.8. The van der Waals surface area contributed by atoms with E-state index in [0.29, 0.717) is 16.6 Å². The summed E-state index contributed by atoms with van der Waals surface area (Å²) >= 11 is 0. The van der Waals surface area contributed by atoms with Gasteiger partial charge < -0.3 is 4.74 Å². The first kappa shape index (κ1) is 13.2. The van der Waals surface area contributed by atoms with Gasteiger partial charge in [0.15, 0.2) is 5.78 Å². The number of hydrogen-bond acceptors (Lipinski definition) is 4. The minimum absolute atomic E-state index is 0.0544. The minimum Gasteiger partial charge on any atom is -0.497 e. The SMILES string of the molecule is COc1ccc(C(=O)c2cccc3nccnc23)c(C)c1. The number of aryl methyl sites for hydroxylation is 1. The molecule has 0 radical (unpaired) electrons. The molecule has 4 nitrogen and oxygen atoms in total. The van der Waals surface area contributed by atoms with Crippen molar-refractivity contribution < 1.29 is 9.53 Å². The Labute approximate surface area is 122 Å². The van der Waals surface area contributed by atoms with Crippen molar-refractivity contribution in [3.8, 4) is 5.75 Å². The number of benzene rings is 2. The topological polar surface area (TPSA) is 52.1 Å². The van der Waals surface area contributed by atoms with Gasteiger partial charge in [0.1, 0.15) is 5.75 Å². The molecule has 3 aromatic rings. The molecule has 4 heteroatoms. The van der Waals surface area contributed by atoms with Crippen LogP contribution >= 0.6 is 0 Å². The molecule has 0 amide bonds. The Hall–Kier alpha value is -2.75. The van der Waals surface area contributed by atoms with Crippen LogP contribution < -0.4 is 4.74 Å². The Kier molecular flexibility index (Phi) is 3.36. The number of hydrogen-bond donors (Lipinski definition) is 0. The van der Waals surface area contributed by atoms with Gasteiger partial charge >= 0.3 is 0 Å². The van der Waals surface area contributed by atoms with Crippen LogP contribution in [0.1, 0.15) is 21.5 Å². The lowest BCUT2D eigenvalue weighted by Crippen LogP contribution is -2.05. The van der Waals surface area contributed by atoms with Gasteiger partial charge in [0, 0.05) is 18.0 Å². The van der Waals surface area contributed by atoms with Crippen molar-refractivity contribution in [3.05, 3.63) is 65.5 Å². The van der Waals surface area contributed by atoms with Gasteiger partial charge in [-0.3, -0.25) is 14.8 Å². The molecular weight excluding hydrogens is 264 g/mol. The van der Waals surface area contributed by atoms with Crippen molar-refractivity contribution in [2.45, 2.75) is 6.92 Å². The van der Waals surface area contributed by atoms with Crippen molar-refractivity contribution >= 4 is 16.8 Å². The molecule has 21 heavy (non-hydrogen) atoms. The molecule has 0 aliphatic rings. The van der Waals surface area contributed by atoms with Crippen LogP contribution in [0.15, 0.2) is 48.8 Å². The Morgan fingerprint density at radius 3 is 2.62 bits per heavy atom. The van der Waals surface area contributed by atoms with Crippen molar-refractivity contribution in [2.75, 3.05) is 7.11 Å². The smallest absolute Gasteiger partial charge is 0.195 e. The molecule has 0 spiro atoms. The number of ether oxygens (including phenoxy) is 1. The summed E-state index contributed by atoms with van der Waals surface area (Å²) in [5, 5.41) is 0. The average Bonchev–Trinajstić information content (AvgIpc) is 2.53. The second-order valence-electron chi connectivity index (χ2n) is 4.74. The summed E-state index contributed by atoms with van der Waals surface area (Å²) in [7, 11) is 1.61. The first-order chi connectivity index (χ1) is 10.2. The quantitative estimate of drug-likeness (QED) is 0.690. The van der Waals surface area contributed by atoms with E-state index in [2.05, 4.69) is 9.97 Å². The number of carbonyl (C=O) groups is 1. The minimum atomic E-state index is -0.0544. The van der Waals surface area contributed by atoms with Gasteiger partial charge in [-0.2, -0.15) is 0 Å². The maximum Gasteiger partial charge on any atom is 0.195 e. The zero-order valence-corrected chi connectivity index (χ0v) is 11.8. The van der Waals surface area contributed by atoms with Crippen LogP contribution in [0.4, 0.5) is 0 Å². The molecule has 0 aliphatic carbocycles. The van der Waals surface area contributed by atoms with Crippen LogP contribution in [-0.2, 0) is 0 Å². The fourth-order valence-corrected chi connectivity index (χ4v) is 2.34. The third-order valence-electron chi connectivity index (χ3n) is 3.42. The van der Waals surface area contributed by atoms with E-state index in [1.165, 1.54) is 0 Å². The third kappa shape index (κ3) is 2.36. The predicted octanol–water partition coefficient (Wildman–Crippen LogP) is 3.18. The lowest BCUT2D eigenvalue weighted by Gasteiger charge is -2.08. The fraction of sp³-hybridized carbons (Fsp3) is 0.118. The van der Waals surface area contributed by atoms with Gasteiger partial charge in [0.25, 0.3) is 0 Å². The number of carbonyl (C=O) groups excluding carboxylic acids is 1. The molecule has 104 valence electrons. The van der Waals surface area contributed by atoms with Crippen molar-refractivity contribution in [1.82, 2.24) is 9.97 Å². The Bertz CT molecular complexity index is 823. The first-order valence-electron chi connectivity index (χ1n) is 6.60. The molecule has 0 bridgehead atoms. The Morgan fingerprint density at radius 1 is 1.05 bits per heavy atom. The standard InChI is InChI=1S/C17H14N2O2/c1-11-10-12(21-2)6-7-13(11)17(20)14-4-3-5-15-16(14)19-9-8-18-15/h3-10H,1-2H3. The number of methoxy groups -OCH3 is 1. The summed E-state index contributed by atoms with van der Waals surface area (Å²) in [5.41, 5.74) is 3.43. The average molecular weight is 278 g/mol. The van der Waals surface area contributed by atoms with E-state index in [0.717, 1.165) is 16.8 Å². The molecule has 0 saturated heterocycles.